The van der Waals surface area contributed by atoms with E-state index in [0.717, 1.165) is 30.7 Å². The summed E-state index contributed by atoms with van der Waals surface area (Å²) in [6.07, 6.45) is 3.41. The molecule has 0 atom stereocenters. The predicted molar refractivity (Wildman–Crippen MR) is 81.5 cm³/mol. The number of furan rings is 1. The van der Waals surface area contributed by atoms with Gasteiger partial charge in [-0.15, -0.1) is 0 Å². The van der Waals surface area contributed by atoms with Crippen LogP contribution in [-0.4, -0.2) is 7.05 Å². The lowest BCUT2D eigenvalue weighted by molar-refractivity contribution is 0.516. The minimum atomic E-state index is 0.645. The summed E-state index contributed by atoms with van der Waals surface area (Å²) in [5.41, 5.74) is 3.83. The molecule has 2 rings (SSSR count). The molecule has 2 aromatic rings. The first kappa shape index (κ1) is 14.1. The molecular weight excluding hydrogens is 234 g/mol. The molecule has 1 aromatic heterocycles. The Kier molecular flexibility index (Phi) is 4.65. The van der Waals surface area contributed by atoms with E-state index in [1.807, 2.05) is 7.05 Å². The molecule has 0 aliphatic carbocycles. The molecule has 1 N–H and O–H groups in total. The zero-order chi connectivity index (χ0) is 13.8. The third-order valence-corrected chi connectivity index (χ3v) is 3.43. The van der Waals surface area contributed by atoms with Crippen LogP contribution in [0.3, 0.4) is 0 Å². The van der Waals surface area contributed by atoms with Crippen LogP contribution in [0.4, 0.5) is 0 Å². The summed E-state index contributed by atoms with van der Waals surface area (Å²) in [5, 5.41) is 4.51. The zero-order valence-corrected chi connectivity index (χ0v) is 12.5. The topological polar surface area (TPSA) is 25.2 Å². The third-order valence-electron chi connectivity index (χ3n) is 3.43. The van der Waals surface area contributed by atoms with Crippen LogP contribution in [-0.2, 0) is 19.4 Å². The molecule has 0 fully saturated rings. The minimum absolute atomic E-state index is 0.645. The predicted octanol–water partition coefficient (Wildman–Crippen LogP) is 4.30. The number of hydrogen-bond donors (Lipinski definition) is 1. The van der Waals surface area contributed by atoms with Crippen molar-refractivity contribution in [2.75, 3.05) is 7.05 Å². The maximum atomic E-state index is 6.01. The molecule has 0 radical (unpaired) electrons. The number of benzene rings is 1. The summed E-state index contributed by atoms with van der Waals surface area (Å²) in [6.45, 7) is 7.55. The van der Waals surface area contributed by atoms with Gasteiger partial charge in [-0.3, -0.25) is 0 Å². The van der Waals surface area contributed by atoms with Gasteiger partial charge >= 0.3 is 0 Å². The van der Waals surface area contributed by atoms with Crippen molar-refractivity contribution >= 4 is 11.0 Å². The monoisotopic (exact) mass is 259 g/mol. The number of rotatable bonds is 6. The van der Waals surface area contributed by atoms with Gasteiger partial charge < -0.3 is 9.73 Å². The Bertz CT molecular complexity index is 539. The van der Waals surface area contributed by atoms with Gasteiger partial charge in [0.2, 0.25) is 0 Å². The van der Waals surface area contributed by atoms with E-state index in [0.29, 0.717) is 5.92 Å². The molecule has 0 aliphatic heterocycles. The Morgan fingerprint density at radius 3 is 2.68 bits per heavy atom. The molecule has 104 valence electrons. The number of aryl methyl sites for hydroxylation is 1. The molecule has 1 heterocycles. The van der Waals surface area contributed by atoms with Crippen molar-refractivity contribution in [2.45, 2.75) is 46.6 Å². The summed E-state index contributed by atoms with van der Waals surface area (Å²) < 4.78 is 6.01. The zero-order valence-electron chi connectivity index (χ0n) is 12.5. The maximum Gasteiger partial charge on any atom is 0.134 e. The van der Waals surface area contributed by atoms with Gasteiger partial charge in [-0.25, -0.2) is 0 Å². The van der Waals surface area contributed by atoms with Crippen molar-refractivity contribution in [3.05, 3.63) is 35.1 Å². The van der Waals surface area contributed by atoms with Crippen LogP contribution < -0.4 is 5.32 Å². The van der Waals surface area contributed by atoms with E-state index in [1.54, 1.807) is 0 Å². The molecule has 0 spiro atoms. The van der Waals surface area contributed by atoms with Crippen LogP contribution in [0, 0.1) is 5.92 Å². The highest BCUT2D eigenvalue weighted by Crippen LogP contribution is 2.29. The first-order chi connectivity index (χ1) is 9.15. The molecule has 0 aliphatic rings. The van der Waals surface area contributed by atoms with Crippen LogP contribution in [0.15, 0.2) is 22.6 Å². The second-order valence-electron chi connectivity index (χ2n) is 5.71. The Morgan fingerprint density at radius 1 is 1.26 bits per heavy atom. The Labute approximate surface area is 116 Å². The molecule has 0 saturated carbocycles. The Balaban J connectivity index is 2.49. The average molecular weight is 259 g/mol. The van der Waals surface area contributed by atoms with Gasteiger partial charge in [-0.05, 0) is 43.5 Å². The van der Waals surface area contributed by atoms with Crippen molar-refractivity contribution in [3.63, 3.8) is 0 Å². The van der Waals surface area contributed by atoms with Gasteiger partial charge in [0.25, 0.3) is 0 Å². The second-order valence-corrected chi connectivity index (χ2v) is 5.71. The molecule has 0 amide bonds. The van der Waals surface area contributed by atoms with Gasteiger partial charge in [0.15, 0.2) is 0 Å². The number of nitrogens with one attached hydrogen (secondary N) is 1. The van der Waals surface area contributed by atoms with Gasteiger partial charge in [-0.1, -0.05) is 33.3 Å². The van der Waals surface area contributed by atoms with Crippen LogP contribution in [0.2, 0.25) is 0 Å². The quantitative estimate of drug-likeness (QED) is 0.836. The lowest BCUT2D eigenvalue weighted by Crippen LogP contribution is -2.07. The molecule has 2 heteroatoms. The van der Waals surface area contributed by atoms with Crippen molar-refractivity contribution in [1.82, 2.24) is 5.32 Å². The summed E-state index contributed by atoms with van der Waals surface area (Å²) in [4.78, 5) is 0. The van der Waals surface area contributed by atoms with Crippen molar-refractivity contribution in [2.24, 2.45) is 5.92 Å². The molecular formula is C17H25NO. The largest absolute Gasteiger partial charge is 0.459 e. The molecule has 1 aromatic carbocycles. The smallest absolute Gasteiger partial charge is 0.134 e. The van der Waals surface area contributed by atoms with E-state index >= 15 is 0 Å². The van der Waals surface area contributed by atoms with E-state index in [2.05, 4.69) is 44.3 Å². The van der Waals surface area contributed by atoms with Crippen LogP contribution in [0.5, 0.6) is 0 Å². The molecule has 0 unspecified atom stereocenters. The highest BCUT2D eigenvalue weighted by atomic mass is 16.3. The van der Waals surface area contributed by atoms with E-state index in [-0.39, 0.29) is 0 Å². The molecule has 0 saturated heterocycles. The van der Waals surface area contributed by atoms with Crippen LogP contribution in [0.25, 0.3) is 11.0 Å². The van der Waals surface area contributed by atoms with Crippen molar-refractivity contribution in [3.8, 4) is 0 Å². The first-order valence-corrected chi connectivity index (χ1v) is 7.33. The van der Waals surface area contributed by atoms with Gasteiger partial charge in [0.1, 0.15) is 11.3 Å². The van der Waals surface area contributed by atoms with Crippen LogP contribution in [0.1, 0.15) is 44.1 Å². The summed E-state index contributed by atoms with van der Waals surface area (Å²) in [6, 6.07) is 6.64. The summed E-state index contributed by atoms with van der Waals surface area (Å²) in [7, 11) is 1.97. The van der Waals surface area contributed by atoms with Gasteiger partial charge in [-0.2, -0.15) is 0 Å². The SMILES string of the molecule is CCCc1ccc2oc(CNC)c(CC(C)C)c2c1. The third kappa shape index (κ3) is 3.19. The highest BCUT2D eigenvalue weighted by Gasteiger charge is 2.15. The highest BCUT2D eigenvalue weighted by molar-refractivity contribution is 5.83. The van der Waals surface area contributed by atoms with Crippen molar-refractivity contribution < 1.29 is 4.42 Å². The Hall–Kier alpha value is -1.28. The molecule has 0 bridgehead atoms. The van der Waals surface area contributed by atoms with Crippen molar-refractivity contribution in [1.29, 1.82) is 0 Å². The van der Waals surface area contributed by atoms with E-state index in [9.17, 15) is 0 Å². The minimum Gasteiger partial charge on any atom is -0.459 e. The van der Waals surface area contributed by atoms with E-state index in [4.69, 9.17) is 4.42 Å². The number of fused-ring (bicyclic) bond motifs is 1. The van der Waals surface area contributed by atoms with E-state index < -0.39 is 0 Å². The summed E-state index contributed by atoms with van der Waals surface area (Å²) >= 11 is 0. The van der Waals surface area contributed by atoms with E-state index in [1.165, 1.54) is 22.9 Å². The van der Waals surface area contributed by atoms with Gasteiger partial charge in [0.05, 0.1) is 6.54 Å². The fourth-order valence-corrected chi connectivity index (χ4v) is 2.63. The standard InChI is InChI=1S/C17H25NO/c1-5-6-13-7-8-16-15(10-13)14(9-12(2)3)17(19-16)11-18-4/h7-8,10,12,18H,5-6,9,11H2,1-4H3. The first-order valence-electron chi connectivity index (χ1n) is 7.33. The van der Waals surface area contributed by atoms with Gasteiger partial charge in [0, 0.05) is 10.9 Å². The summed E-state index contributed by atoms with van der Waals surface area (Å²) in [5.74, 6) is 1.74. The molecule has 2 nitrogen and oxygen atoms in total. The second kappa shape index (κ2) is 6.25. The number of hydrogen-bond acceptors (Lipinski definition) is 2. The fourth-order valence-electron chi connectivity index (χ4n) is 2.63. The lowest BCUT2D eigenvalue weighted by Gasteiger charge is -2.06. The normalized spacial score (nSPS) is 11.6. The van der Waals surface area contributed by atoms with Crippen LogP contribution >= 0.6 is 0 Å². The Morgan fingerprint density at radius 2 is 2.05 bits per heavy atom. The maximum absolute atomic E-state index is 6.01. The average Bonchev–Trinajstić information content (AvgIpc) is 2.68. The fraction of sp³-hybridized carbons (Fsp3) is 0.529. The molecule has 19 heavy (non-hydrogen) atoms. The lowest BCUT2D eigenvalue weighted by atomic mass is 9.98.